The van der Waals surface area contributed by atoms with Crippen LogP contribution in [-0.2, 0) is 5.41 Å². The molecule has 0 saturated carbocycles. The van der Waals surface area contributed by atoms with Gasteiger partial charge in [0.15, 0.2) is 0 Å². The van der Waals surface area contributed by atoms with Crippen LogP contribution in [0, 0.1) is 11.3 Å². The minimum Gasteiger partial charge on any atom is -0.415 e. The molecule has 0 atom stereocenters. The van der Waals surface area contributed by atoms with Crippen LogP contribution >= 0.6 is 0 Å². The molecule has 1 aromatic carbocycles. The van der Waals surface area contributed by atoms with Gasteiger partial charge in [-0.15, -0.1) is 10.2 Å². The first-order valence-corrected chi connectivity index (χ1v) is 10.6. The maximum atomic E-state index is 9.42. The van der Waals surface area contributed by atoms with Crippen molar-refractivity contribution in [1.82, 2.24) is 25.1 Å². The average Bonchev–Trinajstić information content (AvgIpc) is 3.33. The third-order valence-electron chi connectivity index (χ3n) is 5.62. The van der Waals surface area contributed by atoms with Crippen LogP contribution in [0.25, 0.3) is 34.3 Å². The van der Waals surface area contributed by atoms with Crippen LogP contribution in [0.5, 0.6) is 0 Å². The Bertz CT molecular complexity index is 1350. The summed E-state index contributed by atoms with van der Waals surface area (Å²) in [5.74, 6) is 0.688. The quantitative estimate of drug-likeness (QED) is 0.499. The zero-order valence-corrected chi connectivity index (χ0v) is 18.3. The number of hydrogen-bond donors (Lipinski definition) is 1. The largest absolute Gasteiger partial charge is 0.415 e. The number of aromatic nitrogens is 5. The van der Waals surface area contributed by atoms with Gasteiger partial charge in [0.2, 0.25) is 5.89 Å². The van der Waals surface area contributed by atoms with Gasteiger partial charge >= 0.3 is 0 Å². The molecule has 4 aromatic rings. The number of pyridine rings is 1. The first kappa shape index (κ1) is 20.7. The third kappa shape index (κ3) is 4.04. The molecule has 0 radical (unpaired) electrons. The van der Waals surface area contributed by atoms with Gasteiger partial charge in [-0.05, 0) is 44.2 Å². The summed E-state index contributed by atoms with van der Waals surface area (Å²) >= 11 is 0. The van der Waals surface area contributed by atoms with E-state index >= 15 is 0 Å². The number of nitriles is 1. The van der Waals surface area contributed by atoms with E-state index < -0.39 is 5.41 Å². The third-order valence-corrected chi connectivity index (χ3v) is 5.62. The molecule has 0 unspecified atom stereocenters. The van der Waals surface area contributed by atoms with Crippen LogP contribution in [0.15, 0.2) is 59.4 Å². The Kier molecular flexibility index (Phi) is 5.07. The average molecular weight is 438 g/mol. The molecule has 4 heterocycles. The van der Waals surface area contributed by atoms with Crippen molar-refractivity contribution in [3.8, 4) is 40.4 Å². The molecule has 5 rings (SSSR count). The summed E-state index contributed by atoms with van der Waals surface area (Å²) in [6.45, 7) is 5.32. The fourth-order valence-corrected chi connectivity index (χ4v) is 3.60. The van der Waals surface area contributed by atoms with Crippen LogP contribution in [0.1, 0.15) is 19.5 Å². The number of hydrogen-bond acceptors (Lipinski definition) is 9. The molecule has 0 spiro atoms. The highest BCUT2D eigenvalue weighted by atomic mass is 16.4. The fourth-order valence-electron chi connectivity index (χ4n) is 3.60. The van der Waals surface area contributed by atoms with Gasteiger partial charge in [-0.1, -0.05) is 6.07 Å². The molecule has 0 amide bonds. The Hall–Kier alpha value is -4.16. The molecular formula is C24H22N8O. The van der Waals surface area contributed by atoms with E-state index in [1.165, 1.54) is 0 Å². The van der Waals surface area contributed by atoms with Crippen LogP contribution in [0.3, 0.4) is 0 Å². The van der Waals surface area contributed by atoms with Crippen LogP contribution in [0.4, 0.5) is 5.69 Å². The monoisotopic (exact) mass is 438 g/mol. The number of rotatable bonds is 5. The van der Waals surface area contributed by atoms with Gasteiger partial charge in [-0.2, -0.15) is 5.26 Å². The molecular weight excluding hydrogens is 416 g/mol. The second-order valence-electron chi connectivity index (χ2n) is 8.58. The van der Waals surface area contributed by atoms with Gasteiger partial charge in [-0.3, -0.25) is 9.97 Å². The fraction of sp³-hybridized carbons (Fsp3) is 0.250. The summed E-state index contributed by atoms with van der Waals surface area (Å²) in [5, 5.41) is 17.8. The lowest BCUT2D eigenvalue weighted by atomic mass is 9.90. The Morgan fingerprint density at radius 3 is 2.64 bits per heavy atom. The predicted molar refractivity (Wildman–Crippen MR) is 123 cm³/mol. The summed E-state index contributed by atoms with van der Waals surface area (Å²) in [6, 6.07) is 14.1. The first-order chi connectivity index (χ1) is 15.9. The molecule has 1 fully saturated rings. The highest BCUT2D eigenvalue weighted by Crippen LogP contribution is 2.29. The summed E-state index contributed by atoms with van der Waals surface area (Å²) in [5.41, 5.74) is 9.65. The molecule has 1 saturated heterocycles. The van der Waals surface area contributed by atoms with Crippen molar-refractivity contribution in [2.45, 2.75) is 25.3 Å². The minimum atomic E-state index is -0.710. The van der Waals surface area contributed by atoms with E-state index in [1.54, 1.807) is 18.6 Å². The zero-order valence-electron chi connectivity index (χ0n) is 18.3. The summed E-state index contributed by atoms with van der Waals surface area (Å²) in [7, 11) is 0. The number of benzene rings is 1. The Balaban J connectivity index is 1.43. The zero-order chi connectivity index (χ0) is 23.0. The summed E-state index contributed by atoms with van der Waals surface area (Å²) in [6.07, 6.45) is 4.90. The SMILES string of the molecule is CC(C)(C#N)c1cc(-c2cncc(-c3nnc(-c4cccc(N5CC(N)C5)c4)o3)n2)ccn1. The van der Waals surface area contributed by atoms with E-state index in [-0.39, 0.29) is 11.9 Å². The predicted octanol–water partition coefficient (Wildman–Crippen LogP) is 3.20. The maximum Gasteiger partial charge on any atom is 0.268 e. The molecule has 0 aliphatic carbocycles. The normalized spacial score (nSPS) is 14.1. The lowest BCUT2D eigenvalue weighted by Gasteiger charge is -2.38. The van der Waals surface area contributed by atoms with Crippen molar-refractivity contribution in [2.24, 2.45) is 5.73 Å². The molecule has 9 nitrogen and oxygen atoms in total. The molecule has 3 aromatic heterocycles. The van der Waals surface area contributed by atoms with Crippen LogP contribution in [0.2, 0.25) is 0 Å². The number of nitrogens with zero attached hydrogens (tertiary/aromatic N) is 7. The van der Waals surface area contributed by atoms with Crippen LogP contribution in [-0.4, -0.2) is 44.3 Å². The standard InChI is InChI=1S/C24H22N8O/c1-24(2,14-25)21-9-15(6-7-28-21)19-10-27-11-20(29-19)23-31-30-22(33-23)16-4-3-5-18(8-16)32-12-17(26)13-32/h3-11,17H,12-13,26H2,1-2H3. The smallest absolute Gasteiger partial charge is 0.268 e. The van der Waals surface area contributed by atoms with Crippen molar-refractivity contribution in [1.29, 1.82) is 5.26 Å². The van der Waals surface area contributed by atoms with Gasteiger partial charge in [0.25, 0.3) is 5.89 Å². The maximum absolute atomic E-state index is 9.42. The van der Waals surface area contributed by atoms with Crippen molar-refractivity contribution in [2.75, 3.05) is 18.0 Å². The van der Waals surface area contributed by atoms with Gasteiger partial charge in [0.05, 0.1) is 35.3 Å². The molecule has 1 aliphatic heterocycles. The van der Waals surface area contributed by atoms with E-state index in [9.17, 15) is 5.26 Å². The molecule has 2 N–H and O–H groups in total. The van der Waals surface area contributed by atoms with Crippen molar-refractivity contribution in [3.63, 3.8) is 0 Å². The Labute approximate surface area is 191 Å². The molecule has 0 bridgehead atoms. The van der Waals surface area contributed by atoms with E-state index in [0.29, 0.717) is 23.0 Å². The van der Waals surface area contributed by atoms with E-state index in [0.717, 1.165) is 29.9 Å². The topological polar surface area (TPSA) is 131 Å². The lowest BCUT2D eigenvalue weighted by Crippen LogP contribution is -2.55. The van der Waals surface area contributed by atoms with Gasteiger partial charge in [-0.25, -0.2) is 4.98 Å². The molecule has 33 heavy (non-hydrogen) atoms. The minimum absolute atomic E-state index is 0.219. The van der Waals surface area contributed by atoms with E-state index in [1.807, 2.05) is 50.2 Å². The van der Waals surface area contributed by atoms with E-state index in [2.05, 4.69) is 36.1 Å². The highest BCUT2D eigenvalue weighted by molar-refractivity contribution is 5.65. The number of anilines is 1. The second-order valence-corrected chi connectivity index (χ2v) is 8.58. The van der Waals surface area contributed by atoms with Crippen LogP contribution < -0.4 is 10.6 Å². The number of nitrogens with two attached hydrogens (primary N) is 1. The van der Waals surface area contributed by atoms with E-state index in [4.69, 9.17) is 10.2 Å². The van der Waals surface area contributed by atoms with Crippen molar-refractivity contribution in [3.05, 3.63) is 60.7 Å². The highest BCUT2D eigenvalue weighted by Gasteiger charge is 2.24. The second kappa shape index (κ2) is 8.07. The van der Waals surface area contributed by atoms with Crippen molar-refractivity contribution < 1.29 is 4.42 Å². The van der Waals surface area contributed by atoms with Gasteiger partial charge in [0, 0.05) is 42.1 Å². The molecule has 164 valence electrons. The van der Waals surface area contributed by atoms with Crippen molar-refractivity contribution >= 4 is 5.69 Å². The Morgan fingerprint density at radius 1 is 1.06 bits per heavy atom. The first-order valence-electron chi connectivity index (χ1n) is 10.6. The Morgan fingerprint density at radius 2 is 1.85 bits per heavy atom. The molecule has 9 heteroatoms. The molecule has 1 aliphatic rings. The summed E-state index contributed by atoms with van der Waals surface area (Å²) < 4.78 is 5.93. The summed E-state index contributed by atoms with van der Waals surface area (Å²) in [4.78, 5) is 15.5. The van der Waals surface area contributed by atoms with Gasteiger partial charge in [0.1, 0.15) is 5.69 Å². The van der Waals surface area contributed by atoms with Gasteiger partial charge < -0.3 is 15.1 Å². The lowest BCUT2D eigenvalue weighted by molar-refractivity contribution is 0.519.